The van der Waals surface area contributed by atoms with Crippen LogP contribution >= 0.6 is 0 Å². The number of piperazine rings is 1. The van der Waals surface area contributed by atoms with Crippen LogP contribution in [-0.4, -0.2) is 75.1 Å². The molecule has 25 heavy (non-hydrogen) atoms. The van der Waals surface area contributed by atoms with Gasteiger partial charge in [0.15, 0.2) is 0 Å². The van der Waals surface area contributed by atoms with E-state index in [9.17, 15) is 4.79 Å². The number of rotatable bonds is 9. The van der Waals surface area contributed by atoms with Crippen LogP contribution in [0.3, 0.4) is 0 Å². The molecule has 0 bridgehead atoms. The SMILES string of the molecule is CCC[C@@H](C(=O)NCCCN1CCN(c2ccccc2)CC1)N(C)C. The fourth-order valence-corrected chi connectivity index (χ4v) is 3.40. The van der Waals surface area contributed by atoms with E-state index in [4.69, 9.17) is 0 Å². The van der Waals surface area contributed by atoms with Crippen molar-refractivity contribution in [1.82, 2.24) is 15.1 Å². The van der Waals surface area contributed by atoms with Crippen LogP contribution in [0, 0.1) is 0 Å². The first-order chi connectivity index (χ1) is 12.1. The Balaban J connectivity index is 1.62. The molecule has 1 saturated heterocycles. The Morgan fingerprint density at radius 3 is 2.44 bits per heavy atom. The summed E-state index contributed by atoms with van der Waals surface area (Å²) in [6.45, 7) is 8.30. The van der Waals surface area contributed by atoms with Crippen molar-refractivity contribution in [3.63, 3.8) is 0 Å². The minimum atomic E-state index is -0.000540. The number of benzene rings is 1. The number of anilines is 1. The van der Waals surface area contributed by atoms with Crippen molar-refractivity contribution in [3.8, 4) is 0 Å². The zero-order valence-electron chi connectivity index (χ0n) is 16.1. The Bertz CT molecular complexity index is 498. The van der Waals surface area contributed by atoms with Gasteiger partial charge < -0.3 is 10.2 Å². The molecule has 0 saturated carbocycles. The van der Waals surface area contributed by atoms with Gasteiger partial charge in [0.2, 0.25) is 5.91 Å². The van der Waals surface area contributed by atoms with Crippen LogP contribution < -0.4 is 10.2 Å². The summed E-state index contributed by atoms with van der Waals surface area (Å²) in [7, 11) is 3.96. The molecule has 0 unspecified atom stereocenters. The molecule has 1 N–H and O–H groups in total. The van der Waals surface area contributed by atoms with Crippen LogP contribution in [0.5, 0.6) is 0 Å². The molecule has 1 aliphatic heterocycles. The fourth-order valence-electron chi connectivity index (χ4n) is 3.40. The molecule has 0 aromatic heterocycles. The van der Waals surface area contributed by atoms with E-state index in [0.717, 1.165) is 58.5 Å². The summed E-state index contributed by atoms with van der Waals surface area (Å²) < 4.78 is 0. The summed E-state index contributed by atoms with van der Waals surface area (Å²) in [6, 6.07) is 10.6. The number of nitrogens with zero attached hydrogens (tertiary/aromatic N) is 3. The smallest absolute Gasteiger partial charge is 0.237 e. The van der Waals surface area contributed by atoms with Gasteiger partial charge in [0.1, 0.15) is 0 Å². The van der Waals surface area contributed by atoms with Crippen molar-refractivity contribution >= 4 is 11.6 Å². The maximum Gasteiger partial charge on any atom is 0.237 e. The molecule has 1 amide bonds. The second-order valence-corrected chi connectivity index (χ2v) is 7.08. The molecule has 1 atom stereocenters. The van der Waals surface area contributed by atoms with Gasteiger partial charge in [-0.1, -0.05) is 31.5 Å². The van der Waals surface area contributed by atoms with Crippen molar-refractivity contribution in [2.75, 3.05) is 58.3 Å². The number of likely N-dealkylation sites (N-methyl/N-ethyl adjacent to an activating group) is 1. The highest BCUT2D eigenvalue weighted by molar-refractivity contribution is 5.81. The molecule has 1 heterocycles. The number of hydrogen-bond donors (Lipinski definition) is 1. The second kappa shape index (κ2) is 10.4. The van der Waals surface area contributed by atoms with Crippen molar-refractivity contribution in [1.29, 1.82) is 0 Å². The average Bonchev–Trinajstić information content (AvgIpc) is 2.64. The van der Waals surface area contributed by atoms with Gasteiger partial charge in [0, 0.05) is 38.4 Å². The highest BCUT2D eigenvalue weighted by Crippen LogP contribution is 2.15. The normalized spacial score (nSPS) is 16.9. The second-order valence-electron chi connectivity index (χ2n) is 7.08. The van der Waals surface area contributed by atoms with Gasteiger partial charge in [-0.15, -0.1) is 0 Å². The number of hydrogen-bond acceptors (Lipinski definition) is 4. The Hall–Kier alpha value is -1.59. The summed E-state index contributed by atoms with van der Waals surface area (Å²) >= 11 is 0. The third-order valence-electron chi connectivity index (χ3n) is 4.93. The third kappa shape index (κ3) is 6.33. The Kier molecular flexibility index (Phi) is 8.22. The molecule has 5 heteroatoms. The van der Waals surface area contributed by atoms with E-state index in [1.807, 2.05) is 19.0 Å². The lowest BCUT2D eigenvalue weighted by atomic mass is 10.1. The van der Waals surface area contributed by atoms with Gasteiger partial charge in [-0.05, 0) is 45.6 Å². The molecule has 1 aliphatic rings. The molecule has 1 aromatic carbocycles. The maximum absolute atomic E-state index is 12.3. The highest BCUT2D eigenvalue weighted by Gasteiger charge is 2.19. The predicted octanol–water partition coefficient (Wildman–Crippen LogP) is 2.05. The van der Waals surface area contributed by atoms with E-state index in [-0.39, 0.29) is 11.9 Å². The maximum atomic E-state index is 12.3. The Morgan fingerprint density at radius 2 is 1.84 bits per heavy atom. The molecule has 1 fully saturated rings. The Morgan fingerprint density at radius 1 is 1.16 bits per heavy atom. The monoisotopic (exact) mass is 346 g/mol. The molecule has 140 valence electrons. The standard InChI is InChI=1S/C20H34N4O/c1-4-9-19(22(2)3)20(25)21-12-8-13-23-14-16-24(17-15-23)18-10-6-5-7-11-18/h5-7,10-11,19H,4,8-9,12-17H2,1-3H3,(H,21,25)/t19-/m0/s1. The van der Waals surface area contributed by atoms with E-state index < -0.39 is 0 Å². The average molecular weight is 347 g/mol. The van der Waals surface area contributed by atoms with Crippen LogP contribution in [-0.2, 0) is 4.79 Å². The predicted molar refractivity (Wildman–Crippen MR) is 105 cm³/mol. The number of para-hydroxylation sites is 1. The third-order valence-corrected chi connectivity index (χ3v) is 4.93. The van der Waals surface area contributed by atoms with Crippen LogP contribution in [0.15, 0.2) is 30.3 Å². The quantitative estimate of drug-likeness (QED) is 0.695. The summed E-state index contributed by atoms with van der Waals surface area (Å²) in [4.78, 5) is 19.2. The Labute approximate surface area is 153 Å². The van der Waals surface area contributed by atoms with E-state index in [2.05, 4.69) is 52.4 Å². The fraction of sp³-hybridized carbons (Fsp3) is 0.650. The van der Waals surface area contributed by atoms with Crippen LogP contribution in [0.25, 0.3) is 0 Å². The highest BCUT2D eigenvalue weighted by atomic mass is 16.2. The van der Waals surface area contributed by atoms with Gasteiger partial charge in [-0.3, -0.25) is 14.6 Å². The minimum Gasteiger partial charge on any atom is -0.369 e. The molecule has 2 rings (SSSR count). The zero-order chi connectivity index (χ0) is 18.1. The van der Waals surface area contributed by atoms with Crippen molar-refractivity contribution in [2.24, 2.45) is 0 Å². The van der Waals surface area contributed by atoms with Gasteiger partial charge in [-0.2, -0.15) is 0 Å². The van der Waals surface area contributed by atoms with Crippen molar-refractivity contribution in [3.05, 3.63) is 30.3 Å². The molecule has 0 spiro atoms. The number of nitrogens with one attached hydrogen (secondary N) is 1. The van der Waals surface area contributed by atoms with Crippen molar-refractivity contribution in [2.45, 2.75) is 32.2 Å². The molecule has 5 nitrogen and oxygen atoms in total. The summed E-state index contributed by atoms with van der Waals surface area (Å²) in [6.07, 6.45) is 2.96. The number of amides is 1. The summed E-state index contributed by atoms with van der Waals surface area (Å²) in [5, 5.41) is 3.11. The molecule has 0 aliphatic carbocycles. The molecule has 0 radical (unpaired) electrons. The lowest BCUT2D eigenvalue weighted by molar-refractivity contribution is -0.125. The molecule has 1 aromatic rings. The zero-order valence-corrected chi connectivity index (χ0v) is 16.1. The first-order valence-corrected chi connectivity index (χ1v) is 9.58. The number of carbonyl (C=O) groups is 1. The van der Waals surface area contributed by atoms with Gasteiger partial charge >= 0.3 is 0 Å². The van der Waals surface area contributed by atoms with E-state index >= 15 is 0 Å². The van der Waals surface area contributed by atoms with Crippen LogP contribution in [0.4, 0.5) is 5.69 Å². The largest absolute Gasteiger partial charge is 0.369 e. The lowest BCUT2D eigenvalue weighted by Crippen LogP contribution is -2.47. The van der Waals surface area contributed by atoms with Crippen LogP contribution in [0.1, 0.15) is 26.2 Å². The molecular formula is C20H34N4O. The van der Waals surface area contributed by atoms with Gasteiger partial charge in [0.05, 0.1) is 6.04 Å². The number of carbonyl (C=O) groups excluding carboxylic acids is 1. The topological polar surface area (TPSA) is 38.8 Å². The van der Waals surface area contributed by atoms with E-state index in [0.29, 0.717) is 0 Å². The van der Waals surface area contributed by atoms with Gasteiger partial charge in [0.25, 0.3) is 0 Å². The van der Waals surface area contributed by atoms with Crippen LogP contribution in [0.2, 0.25) is 0 Å². The first-order valence-electron chi connectivity index (χ1n) is 9.58. The van der Waals surface area contributed by atoms with E-state index in [1.54, 1.807) is 0 Å². The van der Waals surface area contributed by atoms with Crippen molar-refractivity contribution < 1.29 is 4.79 Å². The van der Waals surface area contributed by atoms with E-state index in [1.165, 1.54) is 5.69 Å². The first kappa shape index (κ1) is 19.7. The minimum absolute atomic E-state index is 0.000540. The molecular weight excluding hydrogens is 312 g/mol. The summed E-state index contributed by atoms with van der Waals surface area (Å²) in [5.41, 5.74) is 1.32. The lowest BCUT2D eigenvalue weighted by Gasteiger charge is -2.36. The summed E-state index contributed by atoms with van der Waals surface area (Å²) in [5.74, 6) is 0.167. The van der Waals surface area contributed by atoms with Gasteiger partial charge in [-0.25, -0.2) is 0 Å².